The summed E-state index contributed by atoms with van der Waals surface area (Å²) in [6, 6.07) is 13.7. The van der Waals surface area contributed by atoms with Crippen LogP contribution in [0.15, 0.2) is 58.1 Å². The van der Waals surface area contributed by atoms with Gasteiger partial charge in [-0.05, 0) is 55.3 Å². The van der Waals surface area contributed by atoms with Crippen LogP contribution in [0.4, 0.5) is 11.6 Å². The van der Waals surface area contributed by atoms with Crippen molar-refractivity contribution in [2.24, 2.45) is 0 Å². The number of ketones is 1. The number of carbonyl (C=O) groups is 1. The van der Waals surface area contributed by atoms with Gasteiger partial charge in [0.2, 0.25) is 5.95 Å². The monoisotopic (exact) mass is 542 g/mol. The largest absolute Gasteiger partial charge is 0.430 e. The van der Waals surface area contributed by atoms with Crippen molar-refractivity contribution in [3.05, 3.63) is 85.9 Å². The number of carbonyl (C=O) groups excluding carboxylic acids is 1. The van der Waals surface area contributed by atoms with Gasteiger partial charge >= 0.3 is 11.4 Å². The number of ether oxygens (including phenoxy) is 1. The second-order valence-electron chi connectivity index (χ2n) is 8.02. The molecular weight excluding hydrogens is 520 g/mol. The highest BCUT2D eigenvalue weighted by molar-refractivity contribution is 7.07. The third-order valence-corrected chi connectivity index (χ3v) is 6.11. The standard InChI is InChI=1S/C24H23ClN6O5S/c1-15-26-23(37-29-15)36-20-10-8-18(9-11-20)27-21-28-22(34)31(14-19(33)3-2-12-32)24(35)30(21)13-16-4-6-17(25)7-5-16/h4-11,32H,2-3,12-14H2,1H3,(H,27,28,34). The van der Waals surface area contributed by atoms with Gasteiger partial charge in [0.25, 0.3) is 5.19 Å². The van der Waals surface area contributed by atoms with Crippen molar-refractivity contribution in [2.45, 2.75) is 32.9 Å². The Morgan fingerprint density at radius 2 is 1.81 bits per heavy atom. The summed E-state index contributed by atoms with van der Waals surface area (Å²) in [4.78, 5) is 46.5. The molecule has 192 valence electrons. The minimum absolute atomic E-state index is 0.0115. The number of benzene rings is 2. The van der Waals surface area contributed by atoms with Gasteiger partial charge in [-0.1, -0.05) is 23.7 Å². The zero-order chi connectivity index (χ0) is 26.4. The number of rotatable bonds is 11. The minimum Gasteiger partial charge on any atom is -0.430 e. The topological polar surface area (TPSA) is 141 Å². The molecule has 0 aliphatic heterocycles. The molecular formula is C24H23ClN6O5S. The quantitative estimate of drug-likeness (QED) is 0.292. The van der Waals surface area contributed by atoms with E-state index < -0.39 is 17.9 Å². The summed E-state index contributed by atoms with van der Waals surface area (Å²) >= 11 is 7.12. The fourth-order valence-corrected chi connectivity index (χ4v) is 4.05. The second kappa shape index (κ2) is 11.9. The van der Waals surface area contributed by atoms with Gasteiger partial charge in [0.05, 0.1) is 13.1 Å². The molecule has 2 aromatic heterocycles. The summed E-state index contributed by atoms with van der Waals surface area (Å²) in [5.74, 6) is 0.810. The number of aliphatic hydroxyl groups excluding tert-OH is 1. The lowest BCUT2D eigenvalue weighted by Crippen LogP contribution is -2.44. The van der Waals surface area contributed by atoms with E-state index in [1.807, 2.05) is 0 Å². The van der Waals surface area contributed by atoms with E-state index in [0.29, 0.717) is 27.5 Å². The first-order valence-corrected chi connectivity index (χ1v) is 12.4. The van der Waals surface area contributed by atoms with Crippen LogP contribution in [0.25, 0.3) is 0 Å². The molecule has 4 rings (SSSR count). The van der Waals surface area contributed by atoms with Crippen molar-refractivity contribution in [1.29, 1.82) is 0 Å². The number of hydrogen-bond acceptors (Lipinski definition) is 10. The Labute approximate surface area is 220 Å². The Morgan fingerprint density at radius 3 is 2.46 bits per heavy atom. The molecule has 2 heterocycles. The van der Waals surface area contributed by atoms with Gasteiger partial charge in [0, 0.05) is 35.3 Å². The van der Waals surface area contributed by atoms with Crippen LogP contribution in [-0.2, 0) is 17.9 Å². The normalized spacial score (nSPS) is 10.9. The summed E-state index contributed by atoms with van der Waals surface area (Å²) in [7, 11) is 0. The van der Waals surface area contributed by atoms with Gasteiger partial charge in [-0.2, -0.15) is 14.3 Å². The molecule has 2 aromatic carbocycles. The van der Waals surface area contributed by atoms with Crippen molar-refractivity contribution >= 4 is 40.6 Å². The number of aliphatic hydroxyl groups is 1. The van der Waals surface area contributed by atoms with Gasteiger partial charge in [-0.25, -0.2) is 14.2 Å². The molecule has 0 aliphatic rings. The molecule has 0 bridgehead atoms. The number of hydrogen-bond donors (Lipinski definition) is 2. The number of halogens is 1. The third-order valence-electron chi connectivity index (χ3n) is 5.18. The fraction of sp³-hybridized carbons (Fsp3) is 0.250. The van der Waals surface area contributed by atoms with Gasteiger partial charge in [-0.3, -0.25) is 9.36 Å². The van der Waals surface area contributed by atoms with Gasteiger partial charge < -0.3 is 15.2 Å². The third kappa shape index (κ3) is 6.88. The number of aryl methyl sites for hydroxylation is 1. The maximum absolute atomic E-state index is 13.3. The van der Waals surface area contributed by atoms with E-state index in [1.165, 1.54) is 4.57 Å². The van der Waals surface area contributed by atoms with Crippen molar-refractivity contribution in [3.63, 3.8) is 0 Å². The second-order valence-corrected chi connectivity index (χ2v) is 9.17. The predicted molar refractivity (Wildman–Crippen MR) is 139 cm³/mol. The molecule has 37 heavy (non-hydrogen) atoms. The Bertz CT molecular complexity index is 1500. The number of Topliss-reactive ketones (excluding diaryl/α,β-unsaturated/α-hetero) is 1. The van der Waals surface area contributed by atoms with E-state index in [9.17, 15) is 14.4 Å². The van der Waals surface area contributed by atoms with Crippen LogP contribution in [-0.4, -0.2) is 41.0 Å². The molecule has 0 fully saturated rings. The van der Waals surface area contributed by atoms with E-state index in [4.69, 9.17) is 21.4 Å². The lowest BCUT2D eigenvalue weighted by Gasteiger charge is -2.16. The van der Waals surface area contributed by atoms with Gasteiger partial charge in [0.1, 0.15) is 11.6 Å². The van der Waals surface area contributed by atoms with Crippen LogP contribution in [0.1, 0.15) is 24.2 Å². The van der Waals surface area contributed by atoms with E-state index in [-0.39, 0.29) is 37.7 Å². The molecule has 0 amide bonds. The summed E-state index contributed by atoms with van der Waals surface area (Å²) < 4.78 is 11.8. The Kier molecular flexibility index (Phi) is 8.43. The zero-order valence-corrected chi connectivity index (χ0v) is 21.3. The van der Waals surface area contributed by atoms with E-state index in [1.54, 1.807) is 55.5 Å². The Morgan fingerprint density at radius 1 is 1.08 bits per heavy atom. The first-order valence-electron chi connectivity index (χ1n) is 11.3. The molecule has 11 nitrogen and oxygen atoms in total. The van der Waals surface area contributed by atoms with Crippen molar-refractivity contribution in [2.75, 3.05) is 11.9 Å². The molecule has 13 heteroatoms. The molecule has 0 aliphatic carbocycles. The molecule has 0 saturated carbocycles. The van der Waals surface area contributed by atoms with E-state index in [2.05, 4.69) is 19.7 Å². The SMILES string of the molecule is Cc1nsc(Oc2ccc(Nc3nc(=O)n(CC(=O)CCCO)c(=O)n3Cc3ccc(Cl)cc3)cc2)n1. The summed E-state index contributed by atoms with van der Waals surface area (Å²) in [5.41, 5.74) is -0.261. The van der Waals surface area contributed by atoms with Crippen LogP contribution in [0.3, 0.4) is 0 Å². The van der Waals surface area contributed by atoms with Crippen LogP contribution in [0.2, 0.25) is 5.02 Å². The molecule has 0 saturated heterocycles. The molecule has 0 radical (unpaired) electrons. The van der Waals surface area contributed by atoms with Crippen LogP contribution in [0.5, 0.6) is 10.9 Å². The van der Waals surface area contributed by atoms with E-state index in [0.717, 1.165) is 21.7 Å². The number of nitrogens with one attached hydrogen (secondary N) is 1. The Hall–Kier alpha value is -3.87. The molecule has 0 atom stereocenters. The highest BCUT2D eigenvalue weighted by Gasteiger charge is 2.16. The fourth-order valence-electron chi connectivity index (χ4n) is 3.36. The molecule has 0 unspecified atom stereocenters. The first kappa shape index (κ1) is 26.2. The van der Waals surface area contributed by atoms with Crippen molar-refractivity contribution in [1.82, 2.24) is 23.5 Å². The van der Waals surface area contributed by atoms with Gasteiger partial charge in [0.15, 0.2) is 5.78 Å². The van der Waals surface area contributed by atoms with Crippen molar-refractivity contribution in [3.8, 4) is 10.9 Å². The molecule has 4 aromatic rings. The average molecular weight is 543 g/mol. The van der Waals surface area contributed by atoms with Crippen LogP contribution < -0.4 is 21.4 Å². The first-order chi connectivity index (χ1) is 17.8. The summed E-state index contributed by atoms with van der Waals surface area (Å²) in [6.07, 6.45) is 0.294. The lowest BCUT2D eigenvalue weighted by molar-refractivity contribution is -0.120. The highest BCUT2D eigenvalue weighted by Crippen LogP contribution is 2.25. The zero-order valence-electron chi connectivity index (χ0n) is 19.8. The maximum atomic E-state index is 13.3. The Balaban J connectivity index is 1.63. The highest BCUT2D eigenvalue weighted by atomic mass is 35.5. The molecule has 0 spiro atoms. The summed E-state index contributed by atoms with van der Waals surface area (Å²) in [5, 5.41) is 12.9. The minimum atomic E-state index is -0.858. The number of aromatic nitrogens is 5. The number of nitrogens with zero attached hydrogens (tertiary/aromatic N) is 5. The number of anilines is 2. The lowest BCUT2D eigenvalue weighted by atomic mass is 10.2. The van der Waals surface area contributed by atoms with Crippen LogP contribution >= 0.6 is 23.1 Å². The summed E-state index contributed by atoms with van der Waals surface area (Å²) in [6.45, 7) is 1.26. The van der Waals surface area contributed by atoms with E-state index >= 15 is 0 Å². The van der Waals surface area contributed by atoms with Crippen LogP contribution in [0, 0.1) is 6.92 Å². The maximum Gasteiger partial charge on any atom is 0.355 e. The average Bonchev–Trinajstić information content (AvgIpc) is 3.29. The van der Waals surface area contributed by atoms with Gasteiger partial charge in [-0.15, -0.1) is 0 Å². The van der Waals surface area contributed by atoms with Crippen molar-refractivity contribution < 1.29 is 14.6 Å². The smallest absolute Gasteiger partial charge is 0.355 e. The molecule has 2 N–H and O–H groups in total. The predicted octanol–water partition coefficient (Wildman–Crippen LogP) is 3.14.